The molecule has 0 N–H and O–H groups in total. The Bertz CT molecular complexity index is 692. The van der Waals surface area contributed by atoms with Crippen LogP contribution in [0.4, 0.5) is 0 Å². The molecule has 7 heteroatoms. The zero-order valence-electron chi connectivity index (χ0n) is 13.6. The van der Waals surface area contributed by atoms with Crippen LogP contribution in [0, 0.1) is 5.41 Å². The lowest BCUT2D eigenvalue weighted by Crippen LogP contribution is -2.45. The van der Waals surface area contributed by atoms with Gasteiger partial charge in [-0.25, -0.2) is 9.97 Å². The van der Waals surface area contributed by atoms with Crippen LogP contribution in [-0.4, -0.2) is 56.8 Å². The zero-order chi connectivity index (χ0) is 16.4. The SMILES string of the molecule is O=C(c1cnccn1)N1CCC2(CCCN(Cc3nccs3)C2)C1. The van der Waals surface area contributed by atoms with Crippen molar-refractivity contribution in [3.8, 4) is 0 Å². The fraction of sp³-hybridized carbons (Fsp3) is 0.529. The third kappa shape index (κ3) is 3.18. The molecule has 2 aromatic heterocycles. The Balaban J connectivity index is 1.42. The van der Waals surface area contributed by atoms with Crippen LogP contribution < -0.4 is 0 Å². The molecule has 126 valence electrons. The van der Waals surface area contributed by atoms with Crippen molar-refractivity contribution < 1.29 is 4.79 Å². The van der Waals surface area contributed by atoms with Gasteiger partial charge in [0, 0.05) is 49.0 Å². The van der Waals surface area contributed by atoms with E-state index in [0.29, 0.717) is 5.69 Å². The molecule has 4 rings (SSSR count). The maximum atomic E-state index is 12.6. The highest BCUT2D eigenvalue weighted by Crippen LogP contribution is 2.39. The van der Waals surface area contributed by atoms with Crippen molar-refractivity contribution in [2.24, 2.45) is 5.41 Å². The van der Waals surface area contributed by atoms with E-state index in [0.717, 1.165) is 39.1 Å². The predicted molar refractivity (Wildman–Crippen MR) is 91.6 cm³/mol. The van der Waals surface area contributed by atoms with Gasteiger partial charge in [-0.15, -0.1) is 11.3 Å². The van der Waals surface area contributed by atoms with E-state index in [1.54, 1.807) is 29.9 Å². The Morgan fingerprint density at radius 1 is 1.17 bits per heavy atom. The number of carbonyl (C=O) groups is 1. The summed E-state index contributed by atoms with van der Waals surface area (Å²) in [5.41, 5.74) is 0.679. The molecule has 4 heterocycles. The van der Waals surface area contributed by atoms with E-state index >= 15 is 0 Å². The zero-order valence-corrected chi connectivity index (χ0v) is 14.4. The lowest BCUT2D eigenvalue weighted by Gasteiger charge is -2.40. The van der Waals surface area contributed by atoms with Crippen LogP contribution in [0.1, 0.15) is 34.8 Å². The maximum absolute atomic E-state index is 12.6. The van der Waals surface area contributed by atoms with Crippen LogP contribution in [-0.2, 0) is 6.54 Å². The molecular formula is C17H21N5OS. The van der Waals surface area contributed by atoms with Gasteiger partial charge in [0.25, 0.3) is 5.91 Å². The Kier molecular flexibility index (Phi) is 4.28. The largest absolute Gasteiger partial charge is 0.337 e. The lowest BCUT2D eigenvalue weighted by molar-refractivity contribution is 0.0670. The fourth-order valence-electron chi connectivity index (χ4n) is 3.98. The minimum Gasteiger partial charge on any atom is -0.337 e. The van der Waals surface area contributed by atoms with Crippen molar-refractivity contribution >= 4 is 17.2 Å². The molecule has 0 saturated carbocycles. The third-order valence-electron chi connectivity index (χ3n) is 5.09. The minimum absolute atomic E-state index is 0.0111. The summed E-state index contributed by atoms with van der Waals surface area (Å²) in [6.07, 6.45) is 10.1. The summed E-state index contributed by atoms with van der Waals surface area (Å²) in [7, 11) is 0. The molecule has 24 heavy (non-hydrogen) atoms. The van der Waals surface area contributed by atoms with Gasteiger partial charge >= 0.3 is 0 Å². The van der Waals surface area contributed by atoms with Crippen LogP contribution in [0.15, 0.2) is 30.2 Å². The van der Waals surface area contributed by atoms with Crippen molar-refractivity contribution in [3.63, 3.8) is 0 Å². The van der Waals surface area contributed by atoms with E-state index in [-0.39, 0.29) is 11.3 Å². The quantitative estimate of drug-likeness (QED) is 0.854. The Morgan fingerprint density at radius 3 is 2.92 bits per heavy atom. The molecule has 0 radical (unpaired) electrons. The molecule has 0 aliphatic carbocycles. The van der Waals surface area contributed by atoms with Crippen LogP contribution in [0.25, 0.3) is 0 Å². The van der Waals surface area contributed by atoms with E-state index < -0.39 is 0 Å². The van der Waals surface area contributed by atoms with E-state index in [1.807, 2.05) is 16.5 Å². The summed E-state index contributed by atoms with van der Waals surface area (Å²) < 4.78 is 0. The number of hydrogen-bond donors (Lipinski definition) is 0. The smallest absolute Gasteiger partial charge is 0.274 e. The number of hydrogen-bond acceptors (Lipinski definition) is 6. The normalized spacial score (nSPS) is 24.6. The Labute approximate surface area is 145 Å². The van der Waals surface area contributed by atoms with Crippen molar-refractivity contribution in [2.75, 3.05) is 26.2 Å². The first kappa shape index (κ1) is 15.7. The average Bonchev–Trinajstić information content (AvgIpc) is 3.26. The van der Waals surface area contributed by atoms with Crippen molar-refractivity contribution in [2.45, 2.75) is 25.8 Å². The van der Waals surface area contributed by atoms with Crippen molar-refractivity contribution in [1.82, 2.24) is 24.8 Å². The summed E-state index contributed by atoms with van der Waals surface area (Å²) >= 11 is 1.72. The molecule has 1 unspecified atom stereocenters. The van der Waals surface area contributed by atoms with Crippen LogP contribution >= 0.6 is 11.3 Å². The first-order chi connectivity index (χ1) is 11.7. The molecule has 2 aromatic rings. The minimum atomic E-state index is 0.0111. The van der Waals surface area contributed by atoms with E-state index in [1.165, 1.54) is 17.8 Å². The Morgan fingerprint density at radius 2 is 2.12 bits per heavy atom. The molecule has 2 aliphatic rings. The second kappa shape index (κ2) is 6.57. The van der Waals surface area contributed by atoms with Gasteiger partial charge in [0.1, 0.15) is 10.7 Å². The van der Waals surface area contributed by atoms with Gasteiger partial charge in [-0.1, -0.05) is 0 Å². The van der Waals surface area contributed by atoms with Gasteiger partial charge in [-0.3, -0.25) is 14.7 Å². The average molecular weight is 343 g/mol. The van der Waals surface area contributed by atoms with Gasteiger partial charge in [-0.05, 0) is 25.8 Å². The van der Waals surface area contributed by atoms with Gasteiger partial charge in [0.15, 0.2) is 0 Å². The molecule has 1 spiro atoms. The second-order valence-corrected chi connectivity index (χ2v) is 7.79. The highest BCUT2D eigenvalue weighted by atomic mass is 32.1. The Hall–Kier alpha value is -1.86. The van der Waals surface area contributed by atoms with Gasteiger partial charge in [-0.2, -0.15) is 0 Å². The lowest BCUT2D eigenvalue weighted by atomic mass is 9.79. The van der Waals surface area contributed by atoms with Crippen LogP contribution in [0.5, 0.6) is 0 Å². The number of amides is 1. The number of thiazole rings is 1. The molecule has 0 bridgehead atoms. The number of likely N-dealkylation sites (tertiary alicyclic amines) is 2. The number of piperidine rings is 1. The highest BCUT2D eigenvalue weighted by molar-refractivity contribution is 7.09. The summed E-state index contributed by atoms with van der Waals surface area (Å²) in [6.45, 7) is 4.76. The van der Waals surface area contributed by atoms with E-state index in [4.69, 9.17) is 0 Å². The topological polar surface area (TPSA) is 62.2 Å². The van der Waals surface area contributed by atoms with E-state index in [2.05, 4.69) is 19.9 Å². The molecule has 1 amide bonds. The summed E-state index contributed by atoms with van der Waals surface area (Å²) in [6, 6.07) is 0. The molecule has 1 atom stereocenters. The second-order valence-electron chi connectivity index (χ2n) is 6.81. The molecular weight excluding hydrogens is 322 g/mol. The number of aromatic nitrogens is 3. The van der Waals surface area contributed by atoms with Crippen LogP contribution in [0.3, 0.4) is 0 Å². The van der Waals surface area contributed by atoms with E-state index in [9.17, 15) is 4.79 Å². The highest BCUT2D eigenvalue weighted by Gasteiger charge is 2.43. The van der Waals surface area contributed by atoms with Gasteiger partial charge in [0.05, 0.1) is 12.7 Å². The molecule has 6 nitrogen and oxygen atoms in total. The number of carbonyl (C=O) groups excluding carboxylic acids is 1. The monoisotopic (exact) mass is 343 g/mol. The standard InChI is InChI=1S/C17H21N5OS/c23-16(14-10-18-4-5-19-14)22-8-3-17(13-22)2-1-7-21(12-17)11-15-20-6-9-24-15/h4-6,9-10H,1-3,7-8,11-13H2. The van der Waals surface area contributed by atoms with Gasteiger partial charge < -0.3 is 4.90 Å². The predicted octanol–water partition coefficient (Wildman–Crippen LogP) is 2.06. The summed E-state index contributed by atoms with van der Waals surface area (Å²) in [4.78, 5) is 29.6. The first-order valence-corrected chi connectivity index (χ1v) is 9.28. The first-order valence-electron chi connectivity index (χ1n) is 8.40. The molecule has 2 saturated heterocycles. The summed E-state index contributed by atoms with van der Waals surface area (Å²) in [5.74, 6) is 0.0111. The van der Waals surface area contributed by atoms with Crippen molar-refractivity contribution in [1.29, 1.82) is 0 Å². The molecule has 2 fully saturated rings. The maximum Gasteiger partial charge on any atom is 0.274 e. The molecule has 2 aliphatic heterocycles. The van der Waals surface area contributed by atoms with Crippen molar-refractivity contribution in [3.05, 3.63) is 40.9 Å². The van der Waals surface area contributed by atoms with Crippen LogP contribution in [0.2, 0.25) is 0 Å². The summed E-state index contributed by atoms with van der Waals surface area (Å²) in [5, 5.41) is 3.21. The van der Waals surface area contributed by atoms with Gasteiger partial charge in [0.2, 0.25) is 0 Å². The fourth-order valence-corrected chi connectivity index (χ4v) is 4.64. The molecule has 0 aromatic carbocycles. The number of rotatable bonds is 3. The number of nitrogens with zero attached hydrogens (tertiary/aromatic N) is 5. The third-order valence-corrected chi connectivity index (χ3v) is 5.86.